The zero-order valence-electron chi connectivity index (χ0n) is 27.2. The highest BCUT2D eigenvalue weighted by Crippen LogP contribution is 2.44. The van der Waals surface area contributed by atoms with Gasteiger partial charge in [-0.05, 0) is 34.4 Å². The van der Waals surface area contributed by atoms with E-state index in [9.17, 15) is 0 Å². The second-order valence-electron chi connectivity index (χ2n) is 12.2. The number of hydrogen-bond acceptors (Lipinski definition) is 8. The van der Waals surface area contributed by atoms with Crippen LogP contribution < -0.4 is 5.73 Å². The molecule has 2 N–H and O–H groups in total. The fraction of sp³-hybridized carbons (Fsp3) is 0.250. The highest BCUT2D eigenvalue weighted by atomic mass is 16.6. The summed E-state index contributed by atoms with van der Waals surface area (Å²) in [5.41, 5.74) is 10.2. The third-order valence-electron chi connectivity index (χ3n) is 8.64. The van der Waals surface area contributed by atoms with Gasteiger partial charge in [-0.2, -0.15) is 0 Å². The fourth-order valence-corrected chi connectivity index (χ4v) is 6.20. The summed E-state index contributed by atoms with van der Waals surface area (Å²) in [4.78, 5) is 4.74. The maximum Gasteiger partial charge on any atom is 0.183 e. The van der Waals surface area contributed by atoms with Crippen molar-refractivity contribution in [2.45, 2.75) is 50.3 Å². The number of ether oxygens (including phenoxy) is 5. The van der Waals surface area contributed by atoms with Crippen molar-refractivity contribution in [3.05, 3.63) is 168 Å². The number of hydrogen-bond donors (Lipinski definition) is 1. The Morgan fingerprint density at radius 1 is 0.612 bits per heavy atom. The van der Waals surface area contributed by atoms with Gasteiger partial charge in [0, 0.05) is 6.20 Å². The Hall–Kier alpha value is -4.90. The van der Waals surface area contributed by atoms with Gasteiger partial charge < -0.3 is 29.4 Å². The van der Waals surface area contributed by atoms with Gasteiger partial charge in [-0.1, -0.05) is 121 Å². The first kappa shape index (κ1) is 32.6. The molecule has 0 radical (unpaired) electrons. The lowest BCUT2D eigenvalue weighted by Gasteiger charge is -2.35. The number of nitrogens with zero attached hydrogens (tertiary/aromatic N) is 3. The van der Waals surface area contributed by atoms with E-state index in [2.05, 4.69) is 0 Å². The van der Waals surface area contributed by atoms with E-state index < -0.39 is 23.9 Å². The summed E-state index contributed by atoms with van der Waals surface area (Å²) in [7, 11) is 0. The Morgan fingerprint density at radius 3 is 1.63 bits per heavy atom. The minimum absolute atomic E-state index is 0.166. The van der Waals surface area contributed by atoms with Crippen LogP contribution >= 0.6 is 0 Å². The number of aromatic nitrogens is 3. The van der Waals surface area contributed by atoms with Gasteiger partial charge >= 0.3 is 0 Å². The van der Waals surface area contributed by atoms with Crippen LogP contribution in [0, 0.1) is 0 Å². The summed E-state index contributed by atoms with van der Waals surface area (Å²) in [5.74, 6) is 0.737. The van der Waals surface area contributed by atoms with E-state index in [1.165, 1.54) is 0 Å². The minimum atomic E-state index is -1.10. The molecular formula is C40H40N4O5. The van der Waals surface area contributed by atoms with E-state index in [0.717, 1.165) is 22.3 Å². The van der Waals surface area contributed by atoms with Crippen LogP contribution in [0.25, 0.3) is 5.52 Å². The second-order valence-corrected chi connectivity index (χ2v) is 12.2. The third kappa shape index (κ3) is 7.88. The molecule has 7 rings (SSSR count). The molecule has 9 nitrogen and oxygen atoms in total. The highest BCUT2D eigenvalue weighted by molar-refractivity contribution is 5.64. The monoisotopic (exact) mass is 656 g/mol. The Bertz CT molecular complexity index is 1840. The molecule has 3 atom stereocenters. The van der Waals surface area contributed by atoms with Crippen molar-refractivity contribution >= 4 is 11.3 Å². The van der Waals surface area contributed by atoms with Crippen LogP contribution in [0.3, 0.4) is 0 Å². The topological polar surface area (TPSA) is 102 Å². The Labute approximate surface area is 286 Å². The van der Waals surface area contributed by atoms with Gasteiger partial charge in [0.05, 0.1) is 39.6 Å². The first-order chi connectivity index (χ1) is 24.2. The lowest BCUT2D eigenvalue weighted by Crippen LogP contribution is -2.52. The zero-order valence-corrected chi connectivity index (χ0v) is 27.2. The molecule has 1 aliphatic rings. The van der Waals surface area contributed by atoms with Gasteiger partial charge in [0.25, 0.3) is 0 Å². The van der Waals surface area contributed by atoms with Crippen molar-refractivity contribution in [1.29, 1.82) is 0 Å². The Balaban J connectivity index is 1.27. The molecule has 3 heterocycles. The molecule has 1 saturated heterocycles. The van der Waals surface area contributed by atoms with E-state index >= 15 is 0 Å². The molecule has 0 amide bonds. The molecule has 2 aromatic heterocycles. The molecule has 6 aromatic rings. The molecule has 0 bridgehead atoms. The molecule has 0 aliphatic carbocycles. The van der Waals surface area contributed by atoms with E-state index in [0.29, 0.717) is 43.6 Å². The number of nitrogen functional groups attached to an aromatic ring is 1. The molecule has 0 saturated carbocycles. The molecule has 0 spiro atoms. The Morgan fingerprint density at radius 2 is 1.10 bits per heavy atom. The van der Waals surface area contributed by atoms with Gasteiger partial charge in [-0.3, -0.25) is 0 Å². The van der Waals surface area contributed by atoms with Crippen molar-refractivity contribution < 1.29 is 23.7 Å². The largest absolute Gasteiger partial charge is 0.382 e. The standard InChI is InChI=1S/C40H40N4O5/c41-38-34-22-13-23-44(34)43-39(42-38)36-35(47-26-32-18-9-3-10-19-32)37(48-27-33-20-11-4-12-21-33)40(49-36,28-45-24-30-14-5-1-6-15-30)29-46-25-31-16-7-2-8-17-31/h1-23,35-37H,24-29H2,(H2,41,42,43)/t35-,36+,37-/m0/s1. The van der Waals surface area contributed by atoms with Crippen LogP contribution in [0.5, 0.6) is 0 Å². The summed E-state index contributed by atoms with van der Waals surface area (Å²) in [6.45, 7) is 1.75. The summed E-state index contributed by atoms with van der Waals surface area (Å²) in [6.07, 6.45) is -0.191. The lowest BCUT2D eigenvalue weighted by atomic mass is 9.94. The van der Waals surface area contributed by atoms with Crippen molar-refractivity contribution in [2.24, 2.45) is 0 Å². The number of rotatable bonds is 15. The van der Waals surface area contributed by atoms with Gasteiger partial charge in [-0.25, -0.2) is 9.50 Å². The smallest absolute Gasteiger partial charge is 0.183 e. The summed E-state index contributed by atoms with van der Waals surface area (Å²) in [6, 6.07) is 44.0. The molecular weight excluding hydrogens is 616 g/mol. The number of anilines is 1. The zero-order chi connectivity index (χ0) is 33.3. The van der Waals surface area contributed by atoms with Crippen molar-refractivity contribution in [1.82, 2.24) is 14.6 Å². The number of nitrogens with two attached hydrogens (primary N) is 1. The van der Waals surface area contributed by atoms with Crippen LogP contribution in [0.1, 0.15) is 34.2 Å². The number of benzene rings is 4. The lowest BCUT2D eigenvalue weighted by molar-refractivity contribution is -0.180. The van der Waals surface area contributed by atoms with E-state index in [1.807, 2.05) is 140 Å². The van der Waals surface area contributed by atoms with Gasteiger partial charge in [0.1, 0.15) is 29.4 Å². The molecule has 1 aliphatic heterocycles. The van der Waals surface area contributed by atoms with Gasteiger partial charge in [-0.15, -0.1) is 5.10 Å². The van der Waals surface area contributed by atoms with E-state index in [-0.39, 0.29) is 13.2 Å². The first-order valence-corrected chi connectivity index (χ1v) is 16.5. The van der Waals surface area contributed by atoms with E-state index in [1.54, 1.807) is 4.52 Å². The predicted molar refractivity (Wildman–Crippen MR) is 186 cm³/mol. The van der Waals surface area contributed by atoms with Crippen LogP contribution in [0.15, 0.2) is 140 Å². The quantitative estimate of drug-likeness (QED) is 0.130. The molecule has 9 heteroatoms. The van der Waals surface area contributed by atoms with Crippen LogP contribution in [0.2, 0.25) is 0 Å². The number of fused-ring (bicyclic) bond motifs is 1. The maximum atomic E-state index is 7.10. The predicted octanol–water partition coefficient (Wildman–Crippen LogP) is 6.73. The Kier molecular flexibility index (Phi) is 10.4. The molecule has 49 heavy (non-hydrogen) atoms. The van der Waals surface area contributed by atoms with Gasteiger partial charge in [0.2, 0.25) is 0 Å². The SMILES string of the molecule is Nc1nc([C@@H]2OC(COCc3ccccc3)(COCc3ccccc3)[C@@H](OCc3ccccc3)[C@H]2OCc2ccccc2)nn2cccc12. The second kappa shape index (κ2) is 15.5. The van der Waals surface area contributed by atoms with Crippen molar-refractivity contribution in [3.8, 4) is 0 Å². The fourth-order valence-electron chi connectivity index (χ4n) is 6.20. The average Bonchev–Trinajstić information content (AvgIpc) is 3.75. The summed E-state index contributed by atoms with van der Waals surface area (Å²) < 4.78 is 35.4. The van der Waals surface area contributed by atoms with Crippen LogP contribution in [-0.4, -0.2) is 45.6 Å². The van der Waals surface area contributed by atoms with Crippen molar-refractivity contribution in [3.63, 3.8) is 0 Å². The van der Waals surface area contributed by atoms with Crippen LogP contribution in [0.4, 0.5) is 5.82 Å². The average molecular weight is 657 g/mol. The van der Waals surface area contributed by atoms with Crippen LogP contribution in [-0.2, 0) is 50.1 Å². The highest BCUT2D eigenvalue weighted by Gasteiger charge is 2.59. The molecule has 4 aromatic carbocycles. The normalized spacial score (nSPS) is 18.6. The van der Waals surface area contributed by atoms with Gasteiger partial charge in [0.15, 0.2) is 11.6 Å². The summed E-state index contributed by atoms with van der Waals surface area (Å²) in [5, 5.41) is 4.84. The minimum Gasteiger partial charge on any atom is -0.382 e. The summed E-state index contributed by atoms with van der Waals surface area (Å²) >= 11 is 0. The third-order valence-corrected chi connectivity index (χ3v) is 8.64. The first-order valence-electron chi connectivity index (χ1n) is 16.5. The van der Waals surface area contributed by atoms with E-state index in [4.69, 9.17) is 39.5 Å². The molecule has 0 unspecified atom stereocenters. The molecule has 250 valence electrons. The maximum absolute atomic E-state index is 7.10. The molecule has 1 fully saturated rings. The van der Waals surface area contributed by atoms with Crippen molar-refractivity contribution in [2.75, 3.05) is 18.9 Å².